The van der Waals surface area contributed by atoms with Crippen LogP contribution in [0.5, 0.6) is 0 Å². The highest BCUT2D eigenvalue weighted by molar-refractivity contribution is 7.09. The Kier molecular flexibility index (Phi) is 6.79. The number of carboxylic acid groups (broad SMARTS) is 1. The highest BCUT2D eigenvalue weighted by atomic mass is 32.1. The van der Waals surface area contributed by atoms with E-state index in [1.165, 1.54) is 29.0 Å². The van der Waals surface area contributed by atoms with Crippen molar-refractivity contribution in [2.45, 2.75) is 57.4 Å². The molecule has 5 nitrogen and oxygen atoms in total. The number of aromatic nitrogens is 1. The summed E-state index contributed by atoms with van der Waals surface area (Å²) < 4.78 is 33.8. The van der Waals surface area contributed by atoms with Gasteiger partial charge in [0.1, 0.15) is 0 Å². The van der Waals surface area contributed by atoms with E-state index in [0.717, 1.165) is 38.3 Å². The second-order valence-corrected chi connectivity index (χ2v) is 8.43. The van der Waals surface area contributed by atoms with Gasteiger partial charge in [-0.3, -0.25) is 4.79 Å². The first-order valence-electron chi connectivity index (χ1n) is 9.51. The summed E-state index contributed by atoms with van der Waals surface area (Å²) in [7, 11) is 0. The van der Waals surface area contributed by atoms with Crippen LogP contribution < -0.4 is 10.9 Å². The van der Waals surface area contributed by atoms with Gasteiger partial charge in [0.25, 0.3) is 5.56 Å². The third kappa shape index (κ3) is 6.17. The molecule has 1 fully saturated rings. The number of fused-ring (bicyclic) bond motifs is 1. The van der Waals surface area contributed by atoms with E-state index < -0.39 is 12.1 Å². The van der Waals surface area contributed by atoms with Gasteiger partial charge < -0.3 is 15.0 Å². The average Bonchev–Trinajstić information content (AvgIpc) is 3.33. The zero-order chi connectivity index (χ0) is 21.0. The molecule has 4 rings (SSSR count). The molecule has 2 aromatic rings. The lowest BCUT2D eigenvalue weighted by Crippen LogP contribution is -2.37. The van der Waals surface area contributed by atoms with Gasteiger partial charge >= 0.3 is 12.1 Å². The average molecular weight is 428 g/mol. The Labute approximate surface area is 170 Å². The summed E-state index contributed by atoms with van der Waals surface area (Å²) >= 11 is 1.81. The quantitative estimate of drug-likeness (QED) is 0.764. The van der Waals surface area contributed by atoms with Gasteiger partial charge in [0, 0.05) is 35.8 Å². The van der Waals surface area contributed by atoms with Crippen LogP contribution in [0.25, 0.3) is 0 Å². The van der Waals surface area contributed by atoms with Crippen LogP contribution in [0.3, 0.4) is 0 Å². The third-order valence-electron chi connectivity index (χ3n) is 5.11. The van der Waals surface area contributed by atoms with Gasteiger partial charge in [-0.15, -0.1) is 11.3 Å². The van der Waals surface area contributed by atoms with Crippen LogP contribution in [-0.2, 0) is 30.7 Å². The van der Waals surface area contributed by atoms with Gasteiger partial charge in [0.2, 0.25) is 0 Å². The van der Waals surface area contributed by atoms with Crippen molar-refractivity contribution in [2.24, 2.45) is 5.92 Å². The Bertz CT molecular complexity index is 889. The second-order valence-electron chi connectivity index (χ2n) is 7.40. The van der Waals surface area contributed by atoms with E-state index in [0.29, 0.717) is 6.04 Å². The summed E-state index contributed by atoms with van der Waals surface area (Å²) in [6.45, 7) is 1.90. The molecule has 1 atom stereocenters. The maximum atomic E-state index is 12.2. The van der Waals surface area contributed by atoms with Gasteiger partial charge in [-0.25, -0.2) is 4.79 Å². The number of halogens is 3. The van der Waals surface area contributed by atoms with Crippen molar-refractivity contribution in [2.75, 3.05) is 0 Å². The van der Waals surface area contributed by atoms with Crippen LogP contribution in [0.1, 0.15) is 35.4 Å². The van der Waals surface area contributed by atoms with Crippen molar-refractivity contribution in [3.8, 4) is 0 Å². The van der Waals surface area contributed by atoms with Gasteiger partial charge in [-0.2, -0.15) is 13.2 Å². The minimum Gasteiger partial charge on any atom is -0.475 e. The van der Waals surface area contributed by atoms with Crippen molar-refractivity contribution in [1.82, 2.24) is 9.88 Å². The monoisotopic (exact) mass is 428 g/mol. The molecule has 9 heteroatoms. The van der Waals surface area contributed by atoms with Crippen LogP contribution in [0, 0.1) is 5.92 Å². The SMILES string of the molecule is O=C(O)C(F)(F)F.O=c1ccc2c(n1CC1CC1)CCC(NCc1cccs1)C2. The molecule has 1 saturated carbocycles. The molecule has 158 valence electrons. The highest BCUT2D eigenvalue weighted by Crippen LogP contribution is 2.31. The maximum Gasteiger partial charge on any atom is 0.490 e. The number of thiophene rings is 1. The minimum atomic E-state index is -5.08. The number of nitrogens with one attached hydrogen (secondary N) is 1. The lowest BCUT2D eigenvalue weighted by atomic mass is 9.91. The summed E-state index contributed by atoms with van der Waals surface area (Å²) in [5.41, 5.74) is 2.86. The van der Waals surface area contributed by atoms with Crippen molar-refractivity contribution in [1.29, 1.82) is 0 Å². The summed E-state index contributed by atoms with van der Waals surface area (Å²) in [5.74, 6) is -2.01. The highest BCUT2D eigenvalue weighted by Gasteiger charge is 2.38. The van der Waals surface area contributed by atoms with E-state index in [2.05, 4.69) is 33.5 Å². The first-order valence-corrected chi connectivity index (χ1v) is 10.4. The summed E-state index contributed by atoms with van der Waals surface area (Å²) in [6, 6.07) is 8.64. The fourth-order valence-corrected chi connectivity index (χ4v) is 4.07. The molecule has 0 aliphatic heterocycles. The van der Waals surface area contributed by atoms with Gasteiger partial charge in [0.15, 0.2) is 0 Å². The van der Waals surface area contributed by atoms with Crippen LogP contribution in [-0.4, -0.2) is 27.9 Å². The Morgan fingerprint density at radius 1 is 1.24 bits per heavy atom. The molecule has 0 saturated heterocycles. The molecule has 2 aromatic heterocycles. The lowest BCUT2D eigenvalue weighted by Gasteiger charge is -2.27. The Morgan fingerprint density at radius 3 is 2.55 bits per heavy atom. The summed E-state index contributed by atoms with van der Waals surface area (Å²) in [6.07, 6.45) is 0.709. The molecule has 0 amide bonds. The molecule has 2 N–H and O–H groups in total. The van der Waals surface area contributed by atoms with E-state index in [1.807, 2.05) is 11.3 Å². The molecule has 29 heavy (non-hydrogen) atoms. The molecule has 0 bridgehead atoms. The molecule has 2 heterocycles. The number of carboxylic acids is 1. The predicted octanol–water partition coefficient (Wildman–Crippen LogP) is 3.60. The zero-order valence-corrected chi connectivity index (χ0v) is 16.6. The Balaban J connectivity index is 0.000000298. The number of hydrogen-bond donors (Lipinski definition) is 2. The topological polar surface area (TPSA) is 71.3 Å². The molecular formula is C20H23F3N2O3S. The fraction of sp³-hybridized carbons (Fsp3) is 0.500. The van der Waals surface area contributed by atoms with Gasteiger partial charge in [-0.1, -0.05) is 12.1 Å². The molecular weight excluding hydrogens is 405 g/mol. The molecule has 0 radical (unpaired) electrons. The number of rotatable bonds is 5. The maximum absolute atomic E-state index is 12.2. The number of pyridine rings is 1. The van der Waals surface area contributed by atoms with Crippen molar-refractivity contribution in [3.05, 3.63) is 56.1 Å². The molecule has 0 spiro atoms. The molecule has 0 aromatic carbocycles. The number of aliphatic carboxylic acids is 1. The minimum absolute atomic E-state index is 0.190. The molecule has 2 aliphatic carbocycles. The predicted molar refractivity (Wildman–Crippen MR) is 104 cm³/mol. The van der Waals surface area contributed by atoms with Gasteiger partial charge in [-0.05, 0) is 55.0 Å². The van der Waals surface area contributed by atoms with Crippen LogP contribution >= 0.6 is 11.3 Å². The number of carbonyl (C=O) groups is 1. The smallest absolute Gasteiger partial charge is 0.475 e. The van der Waals surface area contributed by atoms with Gasteiger partial charge in [0.05, 0.1) is 0 Å². The van der Waals surface area contributed by atoms with Crippen LogP contribution in [0.2, 0.25) is 0 Å². The zero-order valence-electron chi connectivity index (χ0n) is 15.7. The first-order chi connectivity index (χ1) is 13.7. The van der Waals surface area contributed by atoms with Crippen LogP contribution in [0.4, 0.5) is 13.2 Å². The van der Waals surface area contributed by atoms with Crippen molar-refractivity contribution < 1.29 is 23.1 Å². The van der Waals surface area contributed by atoms with Crippen molar-refractivity contribution >= 4 is 17.3 Å². The second kappa shape index (κ2) is 9.13. The normalized spacial score (nSPS) is 18.5. The van der Waals surface area contributed by atoms with E-state index in [9.17, 15) is 18.0 Å². The number of nitrogens with zero attached hydrogens (tertiary/aromatic N) is 1. The fourth-order valence-electron chi connectivity index (χ4n) is 3.42. The van der Waals surface area contributed by atoms with E-state index in [-0.39, 0.29) is 5.56 Å². The first kappa shape index (κ1) is 21.6. The standard InChI is InChI=1S/C18H22N2OS.C2HF3O2/c21-18-8-5-14-10-15(19-11-16-2-1-9-22-16)6-7-17(14)20(18)12-13-3-4-13;3-2(4,5)1(6)7/h1-2,5,8-9,13,15,19H,3-4,6-7,10-12H2;(H,6,7). The van der Waals surface area contributed by atoms with Crippen molar-refractivity contribution in [3.63, 3.8) is 0 Å². The Morgan fingerprint density at radius 2 is 1.97 bits per heavy atom. The van der Waals surface area contributed by atoms with E-state index in [1.54, 1.807) is 6.07 Å². The summed E-state index contributed by atoms with van der Waals surface area (Å²) in [5, 5.41) is 12.9. The molecule has 1 unspecified atom stereocenters. The van der Waals surface area contributed by atoms with E-state index >= 15 is 0 Å². The number of hydrogen-bond acceptors (Lipinski definition) is 4. The third-order valence-corrected chi connectivity index (χ3v) is 5.99. The largest absolute Gasteiger partial charge is 0.490 e. The number of alkyl halides is 3. The van der Waals surface area contributed by atoms with Crippen LogP contribution in [0.15, 0.2) is 34.4 Å². The lowest BCUT2D eigenvalue weighted by molar-refractivity contribution is -0.192. The van der Waals surface area contributed by atoms with E-state index in [4.69, 9.17) is 9.90 Å². The Hall–Kier alpha value is -2.13. The summed E-state index contributed by atoms with van der Waals surface area (Å²) in [4.78, 5) is 22.5. The molecule has 2 aliphatic rings.